The lowest BCUT2D eigenvalue weighted by Crippen LogP contribution is -2.08. The molecule has 0 saturated heterocycles. The first-order chi connectivity index (χ1) is 11.1. The van der Waals surface area contributed by atoms with Crippen LogP contribution in [0.3, 0.4) is 0 Å². The Kier molecular flexibility index (Phi) is 2.81. The second-order valence-corrected chi connectivity index (χ2v) is 5.30. The molecule has 4 rings (SSSR count). The summed E-state index contributed by atoms with van der Waals surface area (Å²) in [5.41, 5.74) is 1.24. The third-order valence-corrected chi connectivity index (χ3v) is 3.97. The minimum Gasteiger partial charge on any atom is -0.358 e. The number of rotatable bonds is 2. The number of aryl methyl sites for hydroxylation is 1. The minimum atomic E-state index is -0.484. The van der Waals surface area contributed by atoms with Crippen molar-refractivity contribution in [2.24, 2.45) is 7.05 Å². The van der Waals surface area contributed by atoms with Gasteiger partial charge in [-0.1, -0.05) is 18.2 Å². The fourth-order valence-corrected chi connectivity index (χ4v) is 2.81. The molecule has 23 heavy (non-hydrogen) atoms. The third-order valence-electron chi connectivity index (χ3n) is 3.97. The molecule has 0 aliphatic carbocycles. The predicted octanol–water partition coefficient (Wildman–Crippen LogP) is 3.56. The number of aromatic nitrogens is 3. The van der Waals surface area contributed by atoms with Gasteiger partial charge in [0.1, 0.15) is 11.3 Å². The van der Waals surface area contributed by atoms with E-state index in [2.05, 4.69) is 9.97 Å². The molecule has 4 nitrogen and oxygen atoms in total. The van der Waals surface area contributed by atoms with Crippen molar-refractivity contribution in [3.63, 3.8) is 0 Å². The van der Waals surface area contributed by atoms with Crippen LogP contribution in [0.5, 0.6) is 0 Å². The number of carbonyl (C=O) groups excluding carboxylic acids is 1. The highest BCUT2D eigenvalue weighted by molar-refractivity contribution is 6.15. The van der Waals surface area contributed by atoms with Crippen molar-refractivity contribution >= 4 is 27.7 Å². The monoisotopic (exact) mass is 311 g/mol. The molecular weight excluding hydrogens is 300 g/mol. The molecule has 0 aliphatic heterocycles. The van der Waals surface area contributed by atoms with E-state index >= 15 is 0 Å². The van der Waals surface area contributed by atoms with E-state index in [1.807, 2.05) is 0 Å². The van der Waals surface area contributed by atoms with Gasteiger partial charge in [0.15, 0.2) is 11.6 Å². The van der Waals surface area contributed by atoms with Gasteiger partial charge in [0.2, 0.25) is 5.78 Å². The summed E-state index contributed by atoms with van der Waals surface area (Å²) in [4.78, 5) is 19.7. The van der Waals surface area contributed by atoms with Gasteiger partial charge in [0.25, 0.3) is 0 Å². The number of nitrogens with one attached hydrogen (secondary N) is 1. The Bertz CT molecular complexity index is 1080. The Labute approximate surface area is 129 Å². The van der Waals surface area contributed by atoms with Gasteiger partial charge >= 0.3 is 0 Å². The molecule has 0 saturated carbocycles. The normalized spacial score (nSPS) is 11.4. The molecule has 114 valence electrons. The Hall–Kier alpha value is -3.02. The van der Waals surface area contributed by atoms with E-state index in [1.165, 1.54) is 24.4 Å². The summed E-state index contributed by atoms with van der Waals surface area (Å²) in [6, 6.07) is 9.07. The van der Waals surface area contributed by atoms with Crippen molar-refractivity contribution in [3.8, 4) is 0 Å². The summed E-state index contributed by atoms with van der Waals surface area (Å²) >= 11 is 0. The first-order valence-corrected chi connectivity index (χ1v) is 6.99. The van der Waals surface area contributed by atoms with E-state index in [4.69, 9.17) is 0 Å². The molecule has 6 heteroatoms. The Morgan fingerprint density at radius 2 is 1.87 bits per heavy atom. The van der Waals surface area contributed by atoms with Crippen LogP contribution in [0.4, 0.5) is 8.78 Å². The quantitative estimate of drug-likeness (QED) is 0.575. The average molecular weight is 311 g/mol. The van der Waals surface area contributed by atoms with Crippen LogP contribution in [0.2, 0.25) is 0 Å². The molecule has 0 fully saturated rings. The summed E-state index contributed by atoms with van der Waals surface area (Å²) in [7, 11) is 1.65. The molecule has 2 heterocycles. The lowest BCUT2D eigenvalue weighted by molar-refractivity contribution is 0.102. The third kappa shape index (κ3) is 1.88. The number of para-hydroxylation sites is 2. The topological polar surface area (TPSA) is 50.7 Å². The van der Waals surface area contributed by atoms with E-state index in [1.54, 1.807) is 29.8 Å². The summed E-state index contributed by atoms with van der Waals surface area (Å²) in [5.74, 6) is -1.20. The predicted molar refractivity (Wildman–Crippen MR) is 82.4 cm³/mol. The van der Waals surface area contributed by atoms with Gasteiger partial charge in [-0.25, -0.2) is 13.8 Å². The molecule has 0 aliphatic rings. The van der Waals surface area contributed by atoms with E-state index in [0.717, 1.165) is 0 Å². The number of imidazole rings is 1. The zero-order valence-electron chi connectivity index (χ0n) is 12.1. The maximum absolute atomic E-state index is 13.8. The smallest absolute Gasteiger partial charge is 0.230 e. The van der Waals surface area contributed by atoms with Crippen LogP contribution in [-0.4, -0.2) is 20.3 Å². The molecule has 2 aromatic heterocycles. The van der Waals surface area contributed by atoms with Gasteiger partial charge in [-0.3, -0.25) is 4.79 Å². The summed E-state index contributed by atoms with van der Waals surface area (Å²) in [6.07, 6.45) is 1.45. The van der Waals surface area contributed by atoms with Crippen LogP contribution in [0.25, 0.3) is 21.9 Å². The van der Waals surface area contributed by atoms with Gasteiger partial charge in [-0.15, -0.1) is 0 Å². The number of H-pyrrole nitrogens is 1. The number of ketones is 1. The molecule has 0 radical (unpaired) electrons. The highest BCUT2D eigenvalue weighted by atomic mass is 19.1. The number of hydrogen-bond acceptors (Lipinski definition) is 2. The lowest BCUT2D eigenvalue weighted by Gasteiger charge is -2.01. The lowest BCUT2D eigenvalue weighted by atomic mass is 10.1. The number of nitrogens with zero attached hydrogens (tertiary/aromatic N) is 2. The van der Waals surface area contributed by atoms with Crippen molar-refractivity contribution in [2.45, 2.75) is 0 Å². The summed E-state index contributed by atoms with van der Waals surface area (Å²) in [5, 5.41) is 0.475. The minimum absolute atomic E-state index is 0.107. The van der Waals surface area contributed by atoms with Crippen LogP contribution >= 0.6 is 0 Å². The zero-order valence-corrected chi connectivity index (χ0v) is 12.1. The maximum Gasteiger partial charge on any atom is 0.230 e. The van der Waals surface area contributed by atoms with Crippen molar-refractivity contribution < 1.29 is 13.6 Å². The molecule has 1 N–H and O–H groups in total. The highest BCUT2D eigenvalue weighted by Gasteiger charge is 2.22. The van der Waals surface area contributed by atoms with Crippen molar-refractivity contribution in [2.75, 3.05) is 0 Å². The molecular formula is C17H11F2N3O. The van der Waals surface area contributed by atoms with E-state index in [-0.39, 0.29) is 22.6 Å². The number of aromatic amines is 1. The zero-order chi connectivity index (χ0) is 16.1. The Morgan fingerprint density at radius 3 is 2.65 bits per heavy atom. The number of carbonyl (C=O) groups is 1. The molecule has 4 aromatic rings. The van der Waals surface area contributed by atoms with Crippen molar-refractivity contribution in [3.05, 3.63) is 65.6 Å². The molecule has 0 atom stereocenters. The molecule has 0 unspecified atom stereocenters. The second kappa shape index (κ2) is 4.74. The largest absolute Gasteiger partial charge is 0.358 e. The van der Waals surface area contributed by atoms with Gasteiger partial charge < -0.3 is 9.55 Å². The second-order valence-electron chi connectivity index (χ2n) is 5.30. The van der Waals surface area contributed by atoms with Gasteiger partial charge in [-0.05, 0) is 18.2 Å². The van der Waals surface area contributed by atoms with Crippen LogP contribution in [0, 0.1) is 11.6 Å². The van der Waals surface area contributed by atoms with Gasteiger partial charge in [0.05, 0.1) is 16.6 Å². The van der Waals surface area contributed by atoms with Crippen LogP contribution < -0.4 is 0 Å². The van der Waals surface area contributed by atoms with E-state index < -0.39 is 11.6 Å². The van der Waals surface area contributed by atoms with Crippen molar-refractivity contribution in [1.82, 2.24) is 14.5 Å². The molecule has 0 bridgehead atoms. The van der Waals surface area contributed by atoms with Gasteiger partial charge in [-0.2, -0.15) is 0 Å². The maximum atomic E-state index is 13.8. The number of fused-ring (bicyclic) bond motifs is 2. The van der Waals surface area contributed by atoms with Gasteiger partial charge in [0, 0.05) is 18.6 Å². The Morgan fingerprint density at radius 1 is 1.13 bits per heavy atom. The summed E-state index contributed by atoms with van der Waals surface area (Å²) < 4.78 is 29.1. The molecule has 0 spiro atoms. The summed E-state index contributed by atoms with van der Waals surface area (Å²) in [6.45, 7) is 0. The first kappa shape index (κ1) is 13.6. The van der Waals surface area contributed by atoms with Crippen LogP contribution in [0.1, 0.15) is 16.2 Å². The molecule has 0 amide bonds. The standard InChI is InChI=1S/C17H11F2N3O/c1-22-13-7-3-6-12(19)15(13)21-17(22)16(23)10-8-20-14-9(10)4-2-5-11(14)18/h2-8,20H,1H3. The fourth-order valence-electron chi connectivity index (χ4n) is 2.81. The molecule has 2 aromatic carbocycles. The van der Waals surface area contributed by atoms with Crippen LogP contribution in [0.15, 0.2) is 42.6 Å². The van der Waals surface area contributed by atoms with E-state index in [0.29, 0.717) is 16.5 Å². The van der Waals surface area contributed by atoms with E-state index in [9.17, 15) is 13.6 Å². The number of halogens is 2. The first-order valence-electron chi connectivity index (χ1n) is 6.99. The average Bonchev–Trinajstić information content (AvgIpc) is 3.11. The van der Waals surface area contributed by atoms with Crippen LogP contribution in [-0.2, 0) is 7.05 Å². The fraction of sp³-hybridized carbons (Fsp3) is 0.0588. The highest BCUT2D eigenvalue weighted by Crippen LogP contribution is 2.25. The number of hydrogen-bond donors (Lipinski definition) is 1. The Balaban J connectivity index is 1.93. The SMILES string of the molecule is Cn1c(C(=O)c2c[nH]c3c(F)cccc23)nc2c(F)cccc21. The van der Waals surface area contributed by atoms with Crippen molar-refractivity contribution in [1.29, 1.82) is 0 Å². The number of benzene rings is 2.